The minimum atomic E-state index is -1.12. The molecule has 1 aromatic carbocycles. The fourth-order valence-electron chi connectivity index (χ4n) is 1.06. The Kier molecular flexibility index (Phi) is 4.67. The standard InChI is InChI=1S/C10H9BrN2O5/c11-6-2-1-5(9(15)16)3-7(6)18-4-8(14)13-10(12)17/h1-3H,4H2,(H,15,16)(H3,12,13,14,17). The van der Waals surface area contributed by atoms with E-state index in [0.29, 0.717) is 4.47 Å². The van der Waals surface area contributed by atoms with Gasteiger partial charge < -0.3 is 15.6 Å². The Balaban J connectivity index is 2.72. The number of amides is 3. The lowest BCUT2D eigenvalue weighted by Crippen LogP contribution is -2.38. The second-order valence-corrected chi connectivity index (χ2v) is 4.01. The van der Waals surface area contributed by atoms with Crippen LogP contribution in [0, 0.1) is 0 Å². The Bertz CT molecular complexity index is 503. The summed E-state index contributed by atoms with van der Waals surface area (Å²) in [7, 11) is 0. The van der Waals surface area contributed by atoms with E-state index in [0.717, 1.165) is 0 Å². The first-order valence-electron chi connectivity index (χ1n) is 4.65. The van der Waals surface area contributed by atoms with Crippen LogP contribution < -0.4 is 15.8 Å². The second kappa shape index (κ2) is 6.01. The fourth-order valence-corrected chi connectivity index (χ4v) is 1.42. The Morgan fingerprint density at radius 3 is 2.61 bits per heavy atom. The highest BCUT2D eigenvalue weighted by Crippen LogP contribution is 2.26. The molecule has 0 aliphatic carbocycles. The maximum absolute atomic E-state index is 11.1. The first kappa shape index (κ1) is 14.0. The van der Waals surface area contributed by atoms with Crippen LogP contribution in [0.2, 0.25) is 0 Å². The largest absolute Gasteiger partial charge is 0.483 e. The van der Waals surface area contributed by atoms with Crippen molar-refractivity contribution < 1.29 is 24.2 Å². The third kappa shape index (κ3) is 4.06. The number of carbonyl (C=O) groups is 3. The molecule has 0 spiro atoms. The van der Waals surface area contributed by atoms with Crippen molar-refractivity contribution in [3.63, 3.8) is 0 Å². The zero-order valence-electron chi connectivity index (χ0n) is 8.97. The van der Waals surface area contributed by atoms with Crippen LogP contribution >= 0.6 is 15.9 Å². The van der Waals surface area contributed by atoms with Crippen molar-refractivity contribution in [1.82, 2.24) is 5.32 Å². The van der Waals surface area contributed by atoms with Crippen LogP contribution in [0.3, 0.4) is 0 Å². The van der Waals surface area contributed by atoms with Gasteiger partial charge in [0.05, 0.1) is 10.0 Å². The normalized spacial score (nSPS) is 9.61. The van der Waals surface area contributed by atoms with E-state index in [1.807, 2.05) is 5.32 Å². The van der Waals surface area contributed by atoms with Crippen molar-refractivity contribution in [3.8, 4) is 5.75 Å². The lowest BCUT2D eigenvalue weighted by molar-refractivity contribution is -0.121. The van der Waals surface area contributed by atoms with E-state index in [-0.39, 0.29) is 11.3 Å². The molecule has 96 valence electrons. The van der Waals surface area contributed by atoms with Gasteiger partial charge in [-0.3, -0.25) is 10.1 Å². The van der Waals surface area contributed by atoms with Gasteiger partial charge in [0.2, 0.25) is 0 Å². The average molecular weight is 317 g/mol. The molecule has 0 saturated heterocycles. The molecule has 0 atom stereocenters. The molecule has 0 aliphatic rings. The number of hydrogen-bond donors (Lipinski definition) is 3. The van der Waals surface area contributed by atoms with Gasteiger partial charge in [-0.2, -0.15) is 0 Å². The van der Waals surface area contributed by atoms with Crippen molar-refractivity contribution in [2.75, 3.05) is 6.61 Å². The molecule has 3 amide bonds. The van der Waals surface area contributed by atoms with Crippen LogP contribution in [0.4, 0.5) is 4.79 Å². The van der Waals surface area contributed by atoms with E-state index in [1.165, 1.54) is 18.2 Å². The molecule has 8 heteroatoms. The number of carboxylic acid groups (broad SMARTS) is 1. The highest BCUT2D eigenvalue weighted by atomic mass is 79.9. The molecule has 1 rings (SSSR count). The summed E-state index contributed by atoms with van der Waals surface area (Å²) in [5, 5.41) is 10.6. The molecule has 0 aliphatic heterocycles. The number of carbonyl (C=O) groups excluding carboxylic acids is 2. The van der Waals surface area contributed by atoms with Crippen LogP contribution in [-0.4, -0.2) is 29.6 Å². The van der Waals surface area contributed by atoms with Gasteiger partial charge in [0.15, 0.2) is 6.61 Å². The molecule has 1 aromatic rings. The Morgan fingerprint density at radius 1 is 1.39 bits per heavy atom. The Hall–Kier alpha value is -2.09. The number of nitrogens with one attached hydrogen (secondary N) is 1. The minimum absolute atomic E-state index is 0.0171. The lowest BCUT2D eigenvalue weighted by Gasteiger charge is -2.08. The Morgan fingerprint density at radius 2 is 2.06 bits per heavy atom. The van der Waals surface area contributed by atoms with Gasteiger partial charge >= 0.3 is 12.0 Å². The third-order valence-corrected chi connectivity index (χ3v) is 2.45. The molecular formula is C10H9BrN2O5. The van der Waals surface area contributed by atoms with Crippen LogP contribution in [0.5, 0.6) is 5.75 Å². The molecule has 0 bridgehead atoms. The molecule has 0 saturated carbocycles. The maximum atomic E-state index is 11.1. The van der Waals surface area contributed by atoms with Gasteiger partial charge in [0.25, 0.3) is 5.91 Å². The molecule has 0 unspecified atom stereocenters. The summed E-state index contributed by atoms with van der Waals surface area (Å²) >= 11 is 3.14. The molecular weight excluding hydrogens is 308 g/mol. The molecule has 7 nitrogen and oxygen atoms in total. The van der Waals surface area contributed by atoms with Crippen LogP contribution in [0.25, 0.3) is 0 Å². The van der Waals surface area contributed by atoms with E-state index >= 15 is 0 Å². The number of aromatic carboxylic acids is 1. The fraction of sp³-hybridized carbons (Fsp3) is 0.100. The second-order valence-electron chi connectivity index (χ2n) is 3.15. The number of halogens is 1. The number of nitrogens with two attached hydrogens (primary N) is 1. The van der Waals surface area contributed by atoms with E-state index in [2.05, 4.69) is 15.9 Å². The van der Waals surface area contributed by atoms with Gasteiger partial charge in [-0.05, 0) is 34.1 Å². The topological polar surface area (TPSA) is 119 Å². The minimum Gasteiger partial charge on any atom is -0.483 e. The molecule has 0 radical (unpaired) electrons. The van der Waals surface area contributed by atoms with Crippen molar-refractivity contribution >= 4 is 33.8 Å². The van der Waals surface area contributed by atoms with Gasteiger partial charge in [0.1, 0.15) is 5.75 Å². The summed E-state index contributed by atoms with van der Waals surface area (Å²) in [4.78, 5) is 32.2. The quantitative estimate of drug-likeness (QED) is 0.756. The first-order valence-corrected chi connectivity index (χ1v) is 5.44. The van der Waals surface area contributed by atoms with Gasteiger partial charge in [-0.1, -0.05) is 0 Å². The SMILES string of the molecule is NC(=O)NC(=O)COc1cc(C(=O)O)ccc1Br. The molecule has 0 heterocycles. The van der Waals surface area contributed by atoms with Crippen molar-refractivity contribution in [1.29, 1.82) is 0 Å². The number of rotatable bonds is 4. The van der Waals surface area contributed by atoms with Gasteiger partial charge in [0, 0.05) is 0 Å². The highest BCUT2D eigenvalue weighted by Gasteiger charge is 2.10. The van der Waals surface area contributed by atoms with Crippen LogP contribution in [0.1, 0.15) is 10.4 Å². The molecule has 0 aromatic heterocycles. The predicted octanol–water partition coefficient (Wildman–Crippen LogP) is 0.721. The zero-order chi connectivity index (χ0) is 13.7. The number of ether oxygens (including phenoxy) is 1. The van der Waals surface area contributed by atoms with Crippen molar-refractivity contribution in [2.24, 2.45) is 5.73 Å². The number of hydrogen-bond acceptors (Lipinski definition) is 4. The highest BCUT2D eigenvalue weighted by molar-refractivity contribution is 9.10. The van der Waals surface area contributed by atoms with Gasteiger partial charge in [-0.25, -0.2) is 9.59 Å². The summed E-state index contributed by atoms with van der Waals surface area (Å²) < 4.78 is 5.55. The van der Waals surface area contributed by atoms with Crippen LogP contribution in [0.15, 0.2) is 22.7 Å². The smallest absolute Gasteiger partial charge is 0.335 e. The number of benzene rings is 1. The average Bonchev–Trinajstić information content (AvgIpc) is 2.26. The maximum Gasteiger partial charge on any atom is 0.335 e. The summed E-state index contributed by atoms with van der Waals surface area (Å²) in [5.41, 5.74) is 4.76. The molecule has 4 N–H and O–H groups in total. The van der Waals surface area contributed by atoms with Crippen LogP contribution in [-0.2, 0) is 4.79 Å². The molecule has 0 fully saturated rings. The summed E-state index contributed by atoms with van der Waals surface area (Å²) in [6, 6.07) is 3.12. The van der Waals surface area contributed by atoms with E-state index in [9.17, 15) is 14.4 Å². The number of urea groups is 1. The van der Waals surface area contributed by atoms with Gasteiger partial charge in [-0.15, -0.1) is 0 Å². The zero-order valence-corrected chi connectivity index (χ0v) is 10.6. The number of imide groups is 1. The number of carboxylic acids is 1. The monoisotopic (exact) mass is 316 g/mol. The Labute approximate surface area is 110 Å². The summed E-state index contributed by atoms with van der Waals surface area (Å²) in [6.07, 6.45) is 0. The van der Waals surface area contributed by atoms with E-state index in [1.54, 1.807) is 0 Å². The number of primary amides is 1. The summed E-state index contributed by atoms with van der Waals surface area (Å²) in [5.74, 6) is -1.67. The molecule has 18 heavy (non-hydrogen) atoms. The van der Waals surface area contributed by atoms with E-state index in [4.69, 9.17) is 15.6 Å². The third-order valence-electron chi connectivity index (χ3n) is 1.80. The predicted molar refractivity (Wildman–Crippen MR) is 64.3 cm³/mol. The van der Waals surface area contributed by atoms with E-state index < -0.39 is 24.5 Å². The van der Waals surface area contributed by atoms with Crippen molar-refractivity contribution in [2.45, 2.75) is 0 Å². The van der Waals surface area contributed by atoms with Crippen molar-refractivity contribution in [3.05, 3.63) is 28.2 Å². The lowest BCUT2D eigenvalue weighted by atomic mass is 10.2. The first-order chi connectivity index (χ1) is 8.40. The summed E-state index contributed by atoms with van der Waals surface area (Å²) in [6.45, 7) is -0.454.